The van der Waals surface area contributed by atoms with Crippen LogP contribution < -0.4 is 11.1 Å². The minimum Gasteiger partial charge on any atom is -0.461 e. The van der Waals surface area contributed by atoms with E-state index in [4.69, 9.17) is 10.2 Å². The summed E-state index contributed by atoms with van der Waals surface area (Å²) in [6, 6.07) is 7.03. The van der Waals surface area contributed by atoms with E-state index in [0.29, 0.717) is 22.9 Å². The van der Waals surface area contributed by atoms with Crippen molar-refractivity contribution in [3.8, 4) is 22.4 Å². The average Bonchev–Trinajstić information content (AvgIpc) is 3.20. The van der Waals surface area contributed by atoms with E-state index in [-0.39, 0.29) is 17.6 Å². The Hall–Kier alpha value is -4.40. The van der Waals surface area contributed by atoms with Crippen molar-refractivity contribution in [3.05, 3.63) is 78.1 Å². The number of fused-ring (bicyclic) bond motifs is 1. The highest BCUT2D eigenvalue weighted by Crippen LogP contribution is 2.31. The fraction of sp³-hybridized carbons (Fsp3) is 0.160. The number of hydrogen-bond donors (Lipinski definition) is 2. The first-order chi connectivity index (χ1) is 16.4. The maximum absolute atomic E-state index is 14.6. The van der Waals surface area contributed by atoms with Crippen LogP contribution in [0.25, 0.3) is 33.4 Å². The second-order valence-corrected chi connectivity index (χ2v) is 8.14. The number of halogens is 1. The Morgan fingerprint density at radius 2 is 1.74 bits per heavy atom. The highest BCUT2D eigenvalue weighted by atomic mass is 19.1. The van der Waals surface area contributed by atoms with Crippen molar-refractivity contribution >= 4 is 22.7 Å². The van der Waals surface area contributed by atoms with E-state index in [9.17, 15) is 4.39 Å². The van der Waals surface area contributed by atoms with Crippen LogP contribution in [-0.4, -0.2) is 24.9 Å². The SMILES string of the molecule is Cc1nc(NC(C)c2cncc(-c3cnc(N)nc3)c2)cc(-c2cc(F)c3occ(C)c3c2)n1. The first-order valence-electron chi connectivity index (χ1n) is 10.7. The molecule has 0 bridgehead atoms. The highest BCUT2D eigenvalue weighted by molar-refractivity contribution is 5.86. The molecule has 4 heterocycles. The molecule has 8 nitrogen and oxygen atoms in total. The lowest BCUT2D eigenvalue weighted by Crippen LogP contribution is -2.10. The lowest BCUT2D eigenvalue weighted by Gasteiger charge is -2.16. The molecule has 0 aliphatic carbocycles. The van der Waals surface area contributed by atoms with Crippen molar-refractivity contribution in [1.29, 1.82) is 0 Å². The molecule has 4 aromatic heterocycles. The van der Waals surface area contributed by atoms with Crippen molar-refractivity contribution < 1.29 is 8.81 Å². The predicted molar refractivity (Wildman–Crippen MR) is 128 cm³/mol. The zero-order chi connectivity index (χ0) is 23.8. The molecule has 9 heteroatoms. The molecular formula is C25H22FN7O. The summed E-state index contributed by atoms with van der Waals surface area (Å²) in [5.41, 5.74) is 10.6. The van der Waals surface area contributed by atoms with E-state index >= 15 is 0 Å². The molecule has 5 rings (SSSR count). The lowest BCUT2D eigenvalue weighted by molar-refractivity contribution is 0.559. The van der Waals surface area contributed by atoms with Crippen LogP contribution in [0.4, 0.5) is 16.2 Å². The molecule has 1 aromatic carbocycles. The van der Waals surface area contributed by atoms with Crippen LogP contribution in [0, 0.1) is 19.7 Å². The number of pyridine rings is 1. The van der Waals surface area contributed by atoms with Gasteiger partial charge in [0.15, 0.2) is 11.4 Å². The number of aryl methyl sites for hydroxylation is 2. The Morgan fingerprint density at radius 3 is 2.53 bits per heavy atom. The molecule has 0 radical (unpaired) electrons. The molecule has 170 valence electrons. The Balaban J connectivity index is 1.44. The fourth-order valence-electron chi connectivity index (χ4n) is 3.80. The van der Waals surface area contributed by atoms with E-state index in [2.05, 4.69) is 30.2 Å². The topological polar surface area (TPSA) is 116 Å². The van der Waals surface area contributed by atoms with Crippen LogP contribution in [0.1, 0.15) is 29.9 Å². The van der Waals surface area contributed by atoms with Crippen molar-refractivity contribution in [1.82, 2.24) is 24.9 Å². The maximum atomic E-state index is 14.6. The van der Waals surface area contributed by atoms with Gasteiger partial charge in [-0.3, -0.25) is 4.98 Å². The number of nitrogens with two attached hydrogens (primary N) is 1. The number of aromatic nitrogens is 5. The Morgan fingerprint density at radius 1 is 0.941 bits per heavy atom. The molecule has 0 aliphatic heterocycles. The zero-order valence-electron chi connectivity index (χ0n) is 18.9. The fourth-order valence-corrected chi connectivity index (χ4v) is 3.80. The van der Waals surface area contributed by atoms with Crippen molar-refractivity contribution in [2.24, 2.45) is 0 Å². The molecule has 34 heavy (non-hydrogen) atoms. The monoisotopic (exact) mass is 455 g/mol. The summed E-state index contributed by atoms with van der Waals surface area (Å²) in [4.78, 5) is 21.5. The standard InChI is InChI=1S/C25H22FN7O/c1-13-12-34-24-20(13)5-16(6-21(24)26)22-7-23(33-15(3)32-22)31-14(2)17-4-18(9-28-8-17)19-10-29-25(27)30-11-19/h4-12,14H,1-3H3,(H2,27,29,30)(H,31,32,33). The Labute approximate surface area is 195 Å². The van der Waals surface area contributed by atoms with Gasteiger partial charge >= 0.3 is 0 Å². The van der Waals surface area contributed by atoms with E-state index in [1.807, 2.05) is 32.0 Å². The minimum absolute atomic E-state index is 0.111. The molecule has 0 spiro atoms. The van der Waals surface area contributed by atoms with Crippen LogP contribution in [0.15, 0.2) is 59.7 Å². The first kappa shape index (κ1) is 21.4. The van der Waals surface area contributed by atoms with E-state index in [0.717, 1.165) is 27.6 Å². The van der Waals surface area contributed by atoms with Gasteiger partial charge in [-0.1, -0.05) is 0 Å². The number of nitrogens with zero attached hydrogens (tertiary/aromatic N) is 5. The first-order valence-corrected chi connectivity index (χ1v) is 10.7. The normalized spacial score (nSPS) is 12.1. The number of furan rings is 1. The molecule has 0 saturated heterocycles. The van der Waals surface area contributed by atoms with Crippen molar-refractivity contribution in [2.45, 2.75) is 26.8 Å². The van der Waals surface area contributed by atoms with Gasteiger partial charge in [-0.25, -0.2) is 24.3 Å². The number of nitrogen functional groups attached to an aromatic ring is 1. The number of nitrogens with one attached hydrogen (secondary N) is 1. The van der Waals surface area contributed by atoms with Crippen LogP contribution in [0.5, 0.6) is 0 Å². The number of hydrogen-bond acceptors (Lipinski definition) is 8. The summed E-state index contributed by atoms with van der Waals surface area (Å²) in [7, 11) is 0. The van der Waals surface area contributed by atoms with Crippen LogP contribution in [0.3, 0.4) is 0 Å². The van der Waals surface area contributed by atoms with Crippen LogP contribution in [0.2, 0.25) is 0 Å². The van der Waals surface area contributed by atoms with E-state index in [1.54, 1.807) is 38.0 Å². The van der Waals surface area contributed by atoms with Gasteiger partial charge in [0, 0.05) is 52.9 Å². The molecule has 5 aromatic rings. The second-order valence-electron chi connectivity index (χ2n) is 8.14. The third kappa shape index (κ3) is 4.15. The summed E-state index contributed by atoms with van der Waals surface area (Å²) >= 11 is 0. The van der Waals surface area contributed by atoms with Gasteiger partial charge in [0.05, 0.1) is 18.0 Å². The Kier molecular flexibility index (Phi) is 5.37. The Bertz CT molecular complexity index is 1500. The molecule has 3 N–H and O–H groups in total. The molecule has 1 unspecified atom stereocenters. The third-order valence-corrected chi connectivity index (χ3v) is 5.58. The smallest absolute Gasteiger partial charge is 0.219 e. The average molecular weight is 455 g/mol. The molecule has 1 atom stereocenters. The van der Waals surface area contributed by atoms with Crippen LogP contribution in [-0.2, 0) is 0 Å². The van der Waals surface area contributed by atoms with Gasteiger partial charge in [-0.2, -0.15) is 0 Å². The second kappa shape index (κ2) is 8.51. The van der Waals surface area contributed by atoms with Gasteiger partial charge in [0.2, 0.25) is 5.95 Å². The van der Waals surface area contributed by atoms with E-state index < -0.39 is 5.82 Å². The lowest BCUT2D eigenvalue weighted by atomic mass is 10.0. The molecule has 0 saturated carbocycles. The van der Waals surface area contributed by atoms with Gasteiger partial charge in [-0.05, 0) is 50.1 Å². The van der Waals surface area contributed by atoms with E-state index in [1.165, 1.54) is 6.07 Å². The molecule has 0 aliphatic rings. The highest BCUT2D eigenvalue weighted by Gasteiger charge is 2.15. The summed E-state index contributed by atoms with van der Waals surface area (Å²) in [6.45, 7) is 5.70. The summed E-state index contributed by atoms with van der Waals surface area (Å²) in [6.07, 6.45) is 8.42. The van der Waals surface area contributed by atoms with Crippen molar-refractivity contribution in [2.75, 3.05) is 11.1 Å². The van der Waals surface area contributed by atoms with Crippen LogP contribution >= 0.6 is 0 Å². The molecular weight excluding hydrogens is 433 g/mol. The number of benzene rings is 1. The van der Waals surface area contributed by atoms with Gasteiger partial charge in [-0.15, -0.1) is 0 Å². The molecule has 0 fully saturated rings. The van der Waals surface area contributed by atoms with Gasteiger partial charge < -0.3 is 15.5 Å². The minimum atomic E-state index is -0.422. The zero-order valence-corrected chi connectivity index (χ0v) is 18.9. The number of rotatable bonds is 5. The van der Waals surface area contributed by atoms with Crippen molar-refractivity contribution in [3.63, 3.8) is 0 Å². The predicted octanol–water partition coefficient (Wildman–Crippen LogP) is 5.25. The summed E-state index contributed by atoms with van der Waals surface area (Å²) in [5, 5.41) is 4.13. The maximum Gasteiger partial charge on any atom is 0.219 e. The summed E-state index contributed by atoms with van der Waals surface area (Å²) in [5.74, 6) is 0.997. The summed E-state index contributed by atoms with van der Waals surface area (Å²) < 4.78 is 19.9. The third-order valence-electron chi connectivity index (χ3n) is 5.58. The quantitative estimate of drug-likeness (QED) is 0.369. The van der Waals surface area contributed by atoms with Gasteiger partial charge in [0.25, 0.3) is 0 Å². The molecule has 0 amide bonds. The van der Waals surface area contributed by atoms with Gasteiger partial charge in [0.1, 0.15) is 11.6 Å². The largest absolute Gasteiger partial charge is 0.461 e. The number of anilines is 2.